The first-order valence-corrected chi connectivity index (χ1v) is 15.5. The molecule has 1 aliphatic carbocycles. The number of likely N-dealkylation sites (N-methyl/N-ethyl adjacent to an activating group) is 1. The number of ether oxygens (including phenoxy) is 3. The van der Waals surface area contributed by atoms with Gasteiger partial charge in [0.2, 0.25) is 0 Å². The van der Waals surface area contributed by atoms with Crippen LogP contribution in [0.4, 0.5) is 0 Å². The predicted octanol–water partition coefficient (Wildman–Crippen LogP) is 4.72. The van der Waals surface area contributed by atoms with E-state index in [0.29, 0.717) is 6.61 Å². The second-order valence-corrected chi connectivity index (χ2v) is 14.4. The molecule has 0 bridgehead atoms. The molecule has 1 rings (SSSR count). The van der Waals surface area contributed by atoms with E-state index in [1.165, 1.54) is 0 Å². The van der Waals surface area contributed by atoms with Gasteiger partial charge < -0.3 is 14.2 Å². The zero-order chi connectivity index (χ0) is 25.3. The minimum atomic E-state index is -1.71. The number of rotatable bonds is 12. The molecule has 0 aromatic carbocycles. The van der Waals surface area contributed by atoms with Gasteiger partial charge in [-0.2, -0.15) is 0 Å². The Morgan fingerprint density at radius 3 is 2.03 bits per heavy atom. The molecule has 0 aromatic rings. The predicted molar refractivity (Wildman–Crippen MR) is 135 cm³/mol. The normalized spacial score (nSPS) is 18.2. The van der Waals surface area contributed by atoms with Crippen LogP contribution in [0.3, 0.4) is 0 Å². The lowest BCUT2D eigenvalue weighted by Crippen LogP contribution is -2.48. The van der Waals surface area contributed by atoms with Gasteiger partial charge in [-0.05, 0) is 65.4 Å². The first kappa shape index (κ1) is 29.0. The molecule has 0 amide bonds. The maximum absolute atomic E-state index is 13.4. The molecule has 0 aliphatic heterocycles. The molecule has 33 heavy (non-hydrogen) atoms. The van der Waals surface area contributed by atoms with E-state index in [0.717, 1.165) is 24.2 Å². The topological polar surface area (TPSA) is 65.1 Å². The highest BCUT2D eigenvalue weighted by Gasteiger charge is 2.52. The van der Waals surface area contributed by atoms with E-state index in [4.69, 9.17) is 14.2 Å². The molecule has 0 saturated heterocycles. The molecule has 0 fully saturated rings. The number of esters is 2. The van der Waals surface area contributed by atoms with Crippen molar-refractivity contribution in [2.75, 3.05) is 33.9 Å². The third kappa shape index (κ3) is 7.22. The number of hydrogen-bond acceptors (Lipinski definition) is 6. The van der Waals surface area contributed by atoms with E-state index in [2.05, 4.69) is 49.0 Å². The standard InChI is InChI=1S/C26H43NO5Si/c1-10-15-26(27(5)6)20-22(30-11-2)18-21(26)19-25(23(28)31-12-3,24(29)32-13-4)16-14-17-33(7,8)9/h18,20H,10-13,15-16,19H2,1-9H3. The molecule has 1 unspecified atom stereocenters. The summed E-state index contributed by atoms with van der Waals surface area (Å²) in [6, 6.07) is 0. The molecule has 0 N–H and O–H groups in total. The fourth-order valence-electron chi connectivity index (χ4n) is 4.13. The summed E-state index contributed by atoms with van der Waals surface area (Å²) in [5, 5.41) is 0. The highest BCUT2D eigenvalue weighted by atomic mass is 28.3. The molecule has 0 spiro atoms. The summed E-state index contributed by atoms with van der Waals surface area (Å²) in [6.45, 7) is 14.8. The monoisotopic (exact) mass is 477 g/mol. The Hall–Kier alpha value is -2.04. The molecule has 0 radical (unpaired) electrons. The first-order chi connectivity index (χ1) is 15.4. The summed E-state index contributed by atoms with van der Waals surface area (Å²) in [4.78, 5) is 28.9. The van der Waals surface area contributed by atoms with Crippen LogP contribution in [-0.4, -0.2) is 64.4 Å². The lowest BCUT2D eigenvalue weighted by Gasteiger charge is -2.40. The van der Waals surface area contributed by atoms with Gasteiger partial charge in [-0.3, -0.25) is 14.5 Å². The Balaban J connectivity index is 3.67. The Morgan fingerprint density at radius 2 is 1.61 bits per heavy atom. The van der Waals surface area contributed by atoms with Gasteiger partial charge in [-0.25, -0.2) is 0 Å². The van der Waals surface area contributed by atoms with Crippen molar-refractivity contribution in [3.63, 3.8) is 0 Å². The Bertz CT molecular complexity index is 795. The molecule has 186 valence electrons. The van der Waals surface area contributed by atoms with Gasteiger partial charge in [0.15, 0.2) is 5.41 Å². The van der Waals surface area contributed by atoms with E-state index in [9.17, 15) is 9.59 Å². The van der Waals surface area contributed by atoms with Crippen LogP contribution in [0.5, 0.6) is 0 Å². The van der Waals surface area contributed by atoms with Gasteiger partial charge >= 0.3 is 11.9 Å². The van der Waals surface area contributed by atoms with Gasteiger partial charge in [-0.15, -0.1) is 11.5 Å². The highest BCUT2D eigenvalue weighted by Crippen LogP contribution is 2.45. The van der Waals surface area contributed by atoms with Crippen LogP contribution in [0, 0.1) is 16.9 Å². The van der Waals surface area contributed by atoms with Crippen LogP contribution in [0.25, 0.3) is 0 Å². The summed E-state index contributed by atoms with van der Waals surface area (Å²) in [7, 11) is 2.31. The fraction of sp³-hybridized carbons (Fsp3) is 0.692. The van der Waals surface area contributed by atoms with Crippen molar-refractivity contribution in [3.05, 3.63) is 23.5 Å². The van der Waals surface area contributed by atoms with Gasteiger partial charge in [0.25, 0.3) is 0 Å². The Morgan fingerprint density at radius 1 is 1.03 bits per heavy atom. The van der Waals surface area contributed by atoms with E-state index >= 15 is 0 Å². The number of hydrogen-bond donors (Lipinski definition) is 0. The maximum atomic E-state index is 13.4. The molecule has 0 saturated carbocycles. The molecular formula is C26H43NO5Si. The quantitative estimate of drug-likeness (QED) is 0.175. The zero-order valence-corrected chi connectivity index (χ0v) is 23.1. The second kappa shape index (κ2) is 12.4. The van der Waals surface area contributed by atoms with Gasteiger partial charge in [0.1, 0.15) is 13.8 Å². The SMILES string of the molecule is CCCC1(N(C)C)C=C(OCC)C=C1CC(CC#C[Si](C)(C)C)(C(=O)OCC)C(=O)OCC. The summed E-state index contributed by atoms with van der Waals surface area (Å²) in [6.07, 6.45) is 6.04. The van der Waals surface area contributed by atoms with Gasteiger partial charge in [0.05, 0.1) is 25.4 Å². The molecule has 0 heterocycles. The number of nitrogens with zero attached hydrogens (tertiary/aromatic N) is 1. The van der Waals surface area contributed by atoms with Crippen LogP contribution in [0.1, 0.15) is 53.4 Å². The van der Waals surface area contributed by atoms with Crippen LogP contribution < -0.4 is 0 Å². The summed E-state index contributed by atoms with van der Waals surface area (Å²) in [5.41, 5.74) is 2.24. The van der Waals surface area contributed by atoms with Crippen molar-refractivity contribution < 1.29 is 23.8 Å². The van der Waals surface area contributed by atoms with Crippen molar-refractivity contribution in [3.8, 4) is 11.5 Å². The number of carbonyl (C=O) groups excluding carboxylic acids is 2. The van der Waals surface area contributed by atoms with Crippen molar-refractivity contribution in [2.45, 2.75) is 78.6 Å². The molecular weight excluding hydrogens is 434 g/mol. The fourth-order valence-corrected chi connectivity index (χ4v) is 4.75. The molecule has 6 nitrogen and oxygen atoms in total. The van der Waals surface area contributed by atoms with Crippen molar-refractivity contribution >= 4 is 20.0 Å². The van der Waals surface area contributed by atoms with Crippen LogP contribution in [0.2, 0.25) is 19.6 Å². The Kier molecular flexibility index (Phi) is 10.9. The van der Waals surface area contributed by atoms with E-state index in [1.807, 2.05) is 27.1 Å². The molecule has 1 atom stereocenters. The second-order valence-electron chi connectivity index (χ2n) is 9.65. The summed E-state index contributed by atoms with van der Waals surface area (Å²) < 4.78 is 16.7. The highest BCUT2D eigenvalue weighted by molar-refractivity contribution is 6.83. The Labute approximate surface area is 201 Å². The maximum Gasteiger partial charge on any atom is 0.324 e. The number of carbonyl (C=O) groups is 2. The van der Waals surface area contributed by atoms with E-state index in [-0.39, 0.29) is 26.1 Å². The average Bonchev–Trinajstić information content (AvgIpc) is 3.05. The van der Waals surface area contributed by atoms with E-state index in [1.54, 1.807) is 13.8 Å². The minimum absolute atomic E-state index is 0.0614. The van der Waals surface area contributed by atoms with Crippen molar-refractivity contribution in [1.29, 1.82) is 0 Å². The summed E-state index contributed by atoms with van der Waals surface area (Å²) in [5.74, 6) is 2.76. The third-order valence-corrected chi connectivity index (χ3v) is 6.60. The number of allylic oxidation sites excluding steroid dienone is 1. The van der Waals surface area contributed by atoms with Crippen LogP contribution in [0.15, 0.2) is 23.5 Å². The minimum Gasteiger partial charge on any atom is -0.494 e. The summed E-state index contributed by atoms with van der Waals surface area (Å²) >= 11 is 0. The molecule has 0 aromatic heterocycles. The van der Waals surface area contributed by atoms with Gasteiger partial charge in [0, 0.05) is 6.42 Å². The lowest BCUT2D eigenvalue weighted by molar-refractivity contribution is -0.171. The largest absolute Gasteiger partial charge is 0.494 e. The van der Waals surface area contributed by atoms with Crippen LogP contribution in [-0.2, 0) is 23.8 Å². The van der Waals surface area contributed by atoms with E-state index < -0.39 is 31.0 Å². The molecule has 1 aliphatic rings. The average molecular weight is 478 g/mol. The smallest absolute Gasteiger partial charge is 0.324 e. The lowest BCUT2D eigenvalue weighted by atomic mass is 9.73. The first-order valence-electron chi connectivity index (χ1n) is 12.0. The third-order valence-electron chi connectivity index (χ3n) is 5.67. The van der Waals surface area contributed by atoms with Gasteiger partial charge in [-0.1, -0.05) is 33.0 Å². The van der Waals surface area contributed by atoms with Crippen molar-refractivity contribution in [1.82, 2.24) is 4.90 Å². The van der Waals surface area contributed by atoms with Crippen molar-refractivity contribution in [2.24, 2.45) is 5.41 Å². The zero-order valence-electron chi connectivity index (χ0n) is 22.1. The molecule has 7 heteroatoms. The van der Waals surface area contributed by atoms with Crippen LogP contribution >= 0.6 is 0 Å².